The number of nitrogens with one attached hydrogen (secondary N) is 2. The van der Waals surface area contributed by atoms with Gasteiger partial charge in [0.25, 0.3) is 5.91 Å². The van der Waals surface area contributed by atoms with Gasteiger partial charge in [-0.2, -0.15) is 0 Å². The van der Waals surface area contributed by atoms with Crippen LogP contribution in [-0.4, -0.2) is 37.5 Å². The second-order valence-electron chi connectivity index (χ2n) is 9.03. The number of amides is 1. The monoisotopic (exact) mass is 553 g/mol. The number of aliphatic imine (C=N–C) groups is 1. The van der Waals surface area contributed by atoms with Gasteiger partial charge in [0.05, 0.1) is 0 Å². The SMILES string of the molecule is CCNC(=NCc1ccc(C(N)=O)o1)NC1CCN(c2ccc(C(C)(C)C)cc2)CC1.I. The third-order valence-electron chi connectivity index (χ3n) is 5.58. The Labute approximate surface area is 208 Å². The Morgan fingerprint density at radius 1 is 1.16 bits per heavy atom. The molecule has 0 unspecified atom stereocenters. The van der Waals surface area contributed by atoms with E-state index in [1.165, 1.54) is 11.3 Å². The van der Waals surface area contributed by atoms with Crippen LogP contribution < -0.4 is 21.3 Å². The van der Waals surface area contributed by atoms with Crippen LogP contribution >= 0.6 is 24.0 Å². The maximum absolute atomic E-state index is 11.2. The standard InChI is InChI=1S/C24H35N5O2.HI/c1-5-26-23(27-16-20-10-11-21(31-20)22(25)30)28-18-12-14-29(15-13-18)19-8-6-17(7-9-19)24(2,3)4;/h6-11,18H,5,12-16H2,1-4H3,(H2,25,30)(H2,26,27,28);1H. The first-order chi connectivity index (χ1) is 14.8. The molecule has 1 aromatic carbocycles. The van der Waals surface area contributed by atoms with Crippen LogP contribution in [0.25, 0.3) is 0 Å². The smallest absolute Gasteiger partial charge is 0.284 e. The average molecular weight is 553 g/mol. The molecule has 32 heavy (non-hydrogen) atoms. The van der Waals surface area contributed by atoms with E-state index in [0.29, 0.717) is 18.3 Å². The van der Waals surface area contributed by atoms with Gasteiger partial charge in [-0.25, -0.2) is 4.99 Å². The molecular weight excluding hydrogens is 517 g/mol. The number of hydrogen-bond acceptors (Lipinski definition) is 4. The zero-order valence-electron chi connectivity index (χ0n) is 19.5. The number of primary amides is 1. The summed E-state index contributed by atoms with van der Waals surface area (Å²) < 4.78 is 5.41. The molecule has 1 amide bonds. The largest absolute Gasteiger partial charge is 0.454 e. The van der Waals surface area contributed by atoms with Crippen molar-refractivity contribution < 1.29 is 9.21 Å². The molecule has 0 atom stereocenters. The van der Waals surface area contributed by atoms with E-state index in [9.17, 15) is 4.79 Å². The van der Waals surface area contributed by atoms with Gasteiger partial charge < -0.3 is 25.7 Å². The lowest BCUT2D eigenvalue weighted by molar-refractivity contribution is 0.0972. The second-order valence-corrected chi connectivity index (χ2v) is 9.03. The van der Waals surface area contributed by atoms with Crippen LogP contribution in [-0.2, 0) is 12.0 Å². The molecule has 8 heteroatoms. The summed E-state index contributed by atoms with van der Waals surface area (Å²) in [6.45, 7) is 11.9. The highest BCUT2D eigenvalue weighted by molar-refractivity contribution is 14.0. The number of carbonyl (C=O) groups excluding carboxylic acids is 1. The zero-order valence-corrected chi connectivity index (χ0v) is 21.8. The van der Waals surface area contributed by atoms with Crippen LogP contribution in [0.1, 0.15) is 62.4 Å². The number of hydrogen-bond donors (Lipinski definition) is 3. The number of piperidine rings is 1. The van der Waals surface area contributed by atoms with Gasteiger partial charge in [0.1, 0.15) is 12.3 Å². The summed E-state index contributed by atoms with van der Waals surface area (Å²) in [4.78, 5) is 18.2. The van der Waals surface area contributed by atoms with Gasteiger partial charge >= 0.3 is 0 Å². The van der Waals surface area contributed by atoms with Gasteiger partial charge in [-0.05, 0) is 55.0 Å². The predicted molar refractivity (Wildman–Crippen MR) is 141 cm³/mol. The van der Waals surface area contributed by atoms with E-state index < -0.39 is 5.91 Å². The van der Waals surface area contributed by atoms with E-state index in [2.05, 4.69) is 65.6 Å². The average Bonchev–Trinajstić information content (AvgIpc) is 3.22. The molecule has 0 aliphatic carbocycles. The van der Waals surface area contributed by atoms with E-state index in [4.69, 9.17) is 10.2 Å². The van der Waals surface area contributed by atoms with Crippen LogP contribution in [0.4, 0.5) is 5.69 Å². The topological polar surface area (TPSA) is 95.9 Å². The highest BCUT2D eigenvalue weighted by Crippen LogP contribution is 2.26. The Morgan fingerprint density at radius 2 is 1.81 bits per heavy atom. The van der Waals surface area contributed by atoms with Crippen molar-refractivity contribution in [3.8, 4) is 0 Å². The molecule has 0 saturated carbocycles. The molecule has 4 N–H and O–H groups in total. The summed E-state index contributed by atoms with van der Waals surface area (Å²) in [7, 11) is 0. The van der Waals surface area contributed by atoms with Crippen molar-refractivity contribution >= 4 is 41.5 Å². The molecule has 0 bridgehead atoms. The van der Waals surface area contributed by atoms with Crippen molar-refractivity contribution in [2.75, 3.05) is 24.5 Å². The number of nitrogens with zero attached hydrogens (tertiary/aromatic N) is 2. The predicted octanol–water partition coefficient (Wildman–Crippen LogP) is 4.02. The zero-order chi connectivity index (χ0) is 22.4. The van der Waals surface area contributed by atoms with Crippen molar-refractivity contribution in [3.63, 3.8) is 0 Å². The fraction of sp³-hybridized carbons (Fsp3) is 0.500. The maximum Gasteiger partial charge on any atom is 0.284 e. The number of halogens is 1. The number of guanidine groups is 1. The van der Waals surface area contributed by atoms with Gasteiger partial charge in [-0.15, -0.1) is 24.0 Å². The first kappa shape index (κ1) is 26.0. The Balaban J connectivity index is 0.00000363. The molecule has 1 aliphatic rings. The third-order valence-corrected chi connectivity index (χ3v) is 5.58. The fourth-order valence-electron chi connectivity index (χ4n) is 3.72. The summed E-state index contributed by atoms with van der Waals surface area (Å²) in [6, 6.07) is 12.6. The molecule has 176 valence electrons. The van der Waals surface area contributed by atoms with Gasteiger partial charge in [0.15, 0.2) is 11.7 Å². The Hall–Kier alpha value is -2.23. The summed E-state index contributed by atoms with van der Waals surface area (Å²) in [5, 5.41) is 6.82. The Morgan fingerprint density at radius 3 is 2.34 bits per heavy atom. The second kappa shape index (κ2) is 11.6. The molecule has 1 fully saturated rings. The van der Waals surface area contributed by atoms with Crippen molar-refractivity contribution in [1.29, 1.82) is 0 Å². The van der Waals surface area contributed by atoms with Crippen LogP contribution in [0, 0.1) is 0 Å². The molecule has 0 spiro atoms. The molecule has 1 aromatic heterocycles. The molecule has 2 heterocycles. The number of anilines is 1. The van der Waals surface area contributed by atoms with E-state index >= 15 is 0 Å². The molecule has 1 saturated heterocycles. The third kappa shape index (κ3) is 7.15. The summed E-state index contributed by atoms with van der Waals surface area (Å²) >= 11 is 0. The Kier molecular flexibility index (Phi) is 9.42. The van der Waals surface area contributed by atoms with Crippen molar-refractivity contribution in [2.24, 2.45) is 10.7 Å². The molecule has 2 aromatic rings. The number of benzene rings is 1. The highest BCUT2D eigenvalue weighted by Gasteiger charge is 2.21. The number of furan rings is 1. The minimum atomic E-state index is -0.569. The van der Waals surface area contributed by atoms with E-state index in [1.54, 1.807) is 12.1 Å². The first-order valence-electron chi connectivity index (χ1n) is 11.0. The van der Waals surface area contributed by atoms with Crippen LogP contribution in [0.5, 0.6) is 0 Å². The van der Waals surface area contributed by atoms with Crippen molar-refractivity contribution in [2.45, 2.75) is 58.5 Å². The van der Waals surface area contributed by atoms with E-state index in [0.717, 1.165) is 38.4 Å². The van der Waals surface area contributed by atoms with Gasteiger partial charge in [0.2, 0.25) is 0 Å². The number of carbonyl (C=O) groups is 1. The number of nitrogens with two attached hydrogens (primary N) is 1. The lowest BCUT2D eigenvalue weighted by Gasteiger charge is -2.35. The molecule has 3 rings (SSSR count). The summed E-state index contributed by atoms with van der Waals surface area (Å²) in [5.74, 6) is 0.957. The fourth-order valence-corrected chi connectivity index (χ4v) is 3.72. The van der Waals surface area contributed by atoms with Crippen molar-refractivity contribution in [1.82, 2.24) is 10.6 Å². The van der Waals surface area contributed by atoms with Crippen molar-refractivity contribution in [3.05, 3.63) is 53.5 Å². The summed E-state index contributed by atoms with van der Waals surface area (Å²) in [6.07, 6.45) is 2.08. The van der Waals surface area contributed by atoms with E-state index in [1.807, 2.05) is 6.92 Å². The summed E-state index contributed by atoms with van der Waals surface area (Å²) in [5.41, 5.74) is 8.06. The van der Waals surface area contributed by atoms with Crippen LogP contribution in [0.15, 0.2) is 45.8 Å². The maximum atomic E-state index is 11.2. The van der Waals surface area contributed by atoms with Crippen LogP contribution in [0.2, 0.25) is 0 Å². The minimum Gasteiger partial charge on any atom is -0.454 e. The Bertz CT molecular complexity index is 894. The first-order valence-corrected chi connectivity index (χ1v) is 11.0. The quantitative estimate of drug-likeness (QED) is 0.286. The van der Waals surface area contributed by atoms with Gasteiger partial charge in [-0.1, -0.05) is 32.9 Å². The molecule has 1 aliphatic heterocycles. The van der Waals surface area contributed by atoms with E-state index in [-0.39, 0.29) is 35.2 Å². The highest BCUT2D eigenvalue weighted by atomic mass is 127. The molecule has 7 nitrogen and oxygen atoms in total. The van der Waals surface area contributed by atoms with Gasteiger partial charge in [0, 0.05) is 31.4 Å². The molecular formula is C24H36IN5O2. The van der Waals surface area contributed by atoms with Gasteiger partial charge in [-0.3, -0.25) is 4.79 Å². The number of rotatable bonds is 6. The van der Waals surface area contributed by atoms with Crippen LogP contribution in [0.3, 0.4) is 0 Å². The minimum absolute atomic E-state index is 0. The lowest BCUT2D eigenvalue weighted by atomic mass is 9.87. The lowest BCUT2D eigenvalue weighted by Crippen LogP contribution is -2.48. The normalized spacial score (nSPS) is 15.2. The molecule has 0 radical (unpaired) electrons.